The number of nitrogens with zero attached hydrogens (tertiary/aromatic N) is 1. The SMILES string of the molecule is CC(C)Oc1cncc(C2=CC3(CCNC3)CC2)c1. The van der Waals surface area contributed by atoms with Crippen LogP contribution in [0, 0.1) is 5.41 Å². The number of hydrogen-bond acceptors (Lipinski definition) is 3. The Morgan fingerprint density at radius 1 is 1.32 bits per heavy atom. The van der Waals surface area contributed by atoms with Gasteiger partial charge < -0.3 is 10.1 Å². The average molecular weight is 258 g/mol. The van der Waals surface area contributed by atoms with Gasteiger partial charge in [0.05, 0.1) is 12.3 Å². The van der Waals surface area contributed by atoms with Gasteiger partial charge in [0.1, 0.15) is 5.75 Å². The predicted molar refractivity (Wildman–Crippen MR) is 77.1 cm³/mol. The van der Waals surface area contributed by atoms with E-state index >= 15 is 0 Å². The molecule has 1 spiro atoms. The largest absolute Gasteiger partial charge is 0.489 e. The molecular weight excluding hydrogens is 236 g/mol. The molecule has 1 aromatic rings. The highest BCUT2D eigenvalue weighted by Gasteiger charge is 2.35. The number of allylic oxidation sites excluding steroid dienone is 1. The minimum atomic E-state index is 0.194. The lowest BCUT2D eigenvalue weighted by Crippen LogP contribution is -2.18. The Morgan fingerprint density at radius 2 is 2.21 bits per heavy atom. The molecule has 3 rings (SSSR count). The molecule has 3 nitrogen and oxygen atoms in total. The van der Waals surface area contributed by atoms with Crippen LogP contribution in [0.5, 0.6) is 5.75 Å². The van der Waals surface area contributed by atoms with Crippen molar-refractivity contribution in [2.45, 2.75) is 39.2 Å². The molecule has 1 fully saturated rings. The molecule has 102 valence electrons. The molecular formula is C16H22N2O. The monoisotopic (exact) mass is 258 g/mol. The van der Waals surface area contributed by atoms with Gasteiger partial charge in [-0.1, -0.05) is 6.08 Å². The maximum Gasteiger partial charge on any atom is 0.138 e. The quantitative estimate of drug-likeness (QED) is 0.905. The number of rotatable bonds is 3. The second kappa shape index (κ2) is 4.97. The number of pyridine rings is 1. The number of aromatic nitrogens is 1. The van der Waals surface area contributed by atoms with Crippen molar-refractivity contribution in [2.24, 2.45) is 5.41 Å². The fourth-order valence-electron chi connectivity index (χ4n) is 3.16. The summed E-state index contributed by atoms with van der Waals surface area (Å²) < 4.78 is 5.73. The fourth-order valence-corrected chi connectivity index (χ4v) is 3.16. The lowest BCUT2D eigenvalue weighted by Gasteiger charge is -2.17. The van der Waals surface area contributed by atoms with Gasteiger partial charge in [-0.2, -0.15) is 0 Å². The van der Waals surface area contributed by atoms with Crippen LogP contribution in [-0.2, 0) is 0 Å². The Hall–Kier alpha value is -1.35. The number of nitrogens with one attached hydrogen (secondary N) is 1. The minimum absolute atomic E-state index is 0.194. The van der Waals surface area contributed by atoms with Gasteiger partial charge in [0.2, 0.25) is 0 Å². The van der Waals surface area contributed by atoms with E-state index in [2.05, 4.69) is 22.4 Å². The highest BCUT2D eigenvalue weighted by atomic mass is 16.5. The summed E-state index contributed by atoms with van der Waals surface area (Å²) in [6, 6.07) is 2.13. The highest BCUT2D eigenvalue weighted by Crippen LogP contribution is 2.44. The average Bonchev–Trinajstić information content (AvgIpc) is 3.00. The van der Waals surface area contributed by atoms with Gasteiger partial charge in [-0.15, -0.1) is 0 Å². The minimum Gasteiger partial charge on any atom is -0.489 e. The van der Waals surface area contributed by atoms with Crippen molar-refractivity contribution in [1.82, 2.24) is 10.3 Å². The molecule has 1 aromatic heterocycles. The van der Waals surface area contributed by atoms with Crippen LogP contribution in [0.3, 0.4) is 0 Å². The van der Waals surface area contributed by atoms with Crippen molar-refractivity contribution in [3.8, 4) is 5.75 Å². The first-order chi connectivity index (χ1) is 9.17. The van der Waals surface area contributed by atoms with Crippen molar-refractivity contribution in [3.05, 3.63) is 30.1 Å². The van der Waals surface area contributed by atoms with Crippen molar-refractivity contribution >= 4 is 5.57 Å². The molecule has 1 aliphatic carbocycles. The van der Waals surface area contributed by atoms with Gasteiger partial charge in [0.25, 0.3) is 0 Å². The normalized spacial score (nSPS) is 26.2. The first-order valence-corrected chi connectivity index (χ1v) is 7.21. The summed E-state index contributed by atoms with van der Waals surface area (Å²) in [5, 5.41) is 3.48. The summed E-state index contributed by atoms with van der Waals surface area (Å²) in [5.41, 5.74) is 3.07. The topological polar surface area (TPSA) is 34.1 Å². The molecule has 0 saturated carbocycles. The zero-order chi connectivity index (χ0) is 13.3. The van der Waals surface area contributed by atoms with Crippen LogP contribution in [0.4, 0.5) is 0 Å². The molecule has 1 N–H and O–H groups in total. The first kappa shape index (κ1) is 12.7. The second-order valence-corrected chi connectivity index (χ2v) is 6.03. The zero-order valence-corrected chi connectivity index (χ0v) is 11.8. The molecule has 1 atom stereocenters. The Bertz CT molecular complexity index is 487. The standard InChI is InChI=1S/C16H22N2O/c1-12(2)19-15-7-14(9-18-10-15)13-3-4-16(8-13)5-6-17-11-16/h7-10,12,17H,3-6,11H2,1-2H3. The molecule has 3 heteroatoms. The van der Waals surface area contributed by atoms with Gasteiger partial charge in [0, 0.05) is 18.2 Å². The zero-order valence-electron chi connectivity index (χ0n) is 11.8. The fraction of sp³-hybridized carbons (Fsp3) is 0.562. The summed E-state index contributed by atoms with van der Waals surface area (Å²) in [4.78, 5) is 4.32. The number of ether oxygens (including phenoxy) is 1. The lowest BCUT2D eigenvalue weighted by molar-refractivity contribution is 0.241. The van der Waals surface area contributed by atoms with Crippen LogP contribution < -0.4 is 10.1 Å². The highest BCUT2D eigenvalue weighted by molar-refractivity contribution is 5.69. The third-order valence-corrected chi connectivity index (χ3v) is 4.11. The first-order valence-electron chi connectivity index (χ1n) is 7.21. The van der Waals surface area contributed by atoms with E-state index in [0.717, 1.165) is 25.3 Å². The van der Waals surface area contributed by atoms with Crippen LogP contribution in [0.2, 0.25) is 0 Å². The van der Waals surface area contributed by atoms with Crippen LogP contribution in [0.15, 0.2) is 24.5 Å². The molecule has 0 amide bonds. The smallest absolute Gasteiger partial charge is 0.138 e. The van der Waals surface area contributed by atoms with E-state index in [-0.39, 0.29) is 6.10 Å². The second-order valence-electron chi connectivity index (χ2n) is 6.03. The Morgan fingerprint density at radius 3 is 2.95 bits per heavy atom. The van der Waals surface area contributed by atoms with E-state index in [1.165, 1.54) is 24.0 Å². The van der Waals surface area contributed by atoms with Crippen molar-refractivity contribution in [3.63, 3.8) is 0 Å². The Kier molecular flexibility index (Phi) is 3.31. The van der Waals surface area contributed by atoms with Crippen LogP contribution in [0.25, 0.3) is 5.57 Å². The summed E-state index contributed by atoms with van der Waals surface area (Å²) in [6.45, 7) is 6.37. The van der Waals surface area contributed by atoms with Gasteiger partial charge in [-0.25, -0.2) is 0 Å². The number of hydrogen-bond donors (Lipinski definition) is 1. The van der Waals surface area contributed by atoms with Crippen LogP contribution >= 0.6 is 0 Å². The van der Waals surface area contributed by atoms with E-state index in [9.17, 15) is 0 Å². The molecule has 2 heterocycles. The van der Waals surface area contributed by atoms with E-state index in [1.807, 2.05) is 20.0 Å². The lowest BCUT2D eigenvalue weighted by atomic mass is 9.87. The third-order valence-electron chi connectivity index (χ3n) is 4.11. The predicted octanol–water partition coefficient (Wildman–Crippen LogP) is 3.03. The molecule has 1 aliphatic heterocycles. The van der Waals surface area contributed by atoms with Gasteiger partial charge >= 0.3 is 0 Å². The van der Waals surface area contributed by atoms with Crippen molar-refractivity contribution < 1.29 is 4.74 Å². The van der Waals surface area contributed by atoms with Gasteiger partial charge in [-0.3, -0.25) is 4.98 Å². The Labute approximate surface area is 115 Å². The summed E-state index contributed by atoms with van der Waals surface area (Å²) >= 11 is 0. The molecule has 0 bridgehead atoms. The molecule has 0 radical (unpaired) electrons. The third kappa shape index (κ3) is 2.66. The molecule has 1 saturated heterocycles. The molecule has 19 heavy (non-hydrogen) atoms. The van der Waals surface area contributed by atoms with E-state index in [1.54, 1.807) is 6.20 Å². The van der Waals surface area contributed by atoms with Gasteiger partial charge in [0.15, 0.2) is 0 Å². The van der Waals surface area contributed by atoms with E-state index < -0.39 is 0 Å². The molecule has 1 unspecified atom stereocenters. The summed E-state index contributed by atoms with van der Waals surface area (Å²) in [6.07, 6.45) is 10.1. The van der Waals surface area contributed by atoms with Crippen LogP contribution in [0.1, 0.15) is 38.7 Å². The van der Waals surface area contributed by atoms with E-state index in [0.29, 0.717) is 5.41 Å². The maximum absolute atomic E-state index is 5.73. The Balaban J connectivity index is 1.82. The van der Waals surface area contributed by atoms with E-state index in [4.69, 9.17) is 4.74 Å². The van der Waals surface area contributed by atoms with Crippen molar-refractivity contribution in [2.75, 3.05) is 13.1 Å². The summed E-state index contributed by atoms with van der Waals surface area (Å²) in [7, 11) is 0. The van der Waals surface area contributed by atoms with Gasteiger partial charge in [-0.05, 0) is 56.9 Å². The van der Waals surface area contributed by atoms with Crippen LogP contribution in [-0.4, -0.2) is 24.2 Å². The molecule has 0 aromatic carbocycles. The summed E-state index contributed by atoms with van der Waals surface area (Å²) in [5.74, 6) is 0.874. The molecule has 2 aliphatic rings. The maximum atomic E-state index is 5.73. The van der Waals surface area contributed by atoms with Crippen molar-refractivity contribution in [1.29, 1.82) is 0 Å².